The van der Waals surface area contributed by atoms with Gasteiger partial charge in [0, 0.05) is 12.1 Å². The first-order valence-corrected chi connectivity index (χ1v) is 5.28. The van der Waals surface area contributed by atoms with Crippen molar-refractivity contribution in [2.75, 3.05) is 6.54 Å². The molecule has 1 rings (SSSR count). The monoisotopic (exact) mass is 212 g/mol. The molecule has 5 heteroatoms. The van der Waals surface area contributed by atoms with Gasteiger partial charge in [-0.3, -0.25) is 4.79 Å². The largest absolute Gasteiger partial charge is 0.370 e. The number of carbonyl (C=O) groups excluding carboxylic acids is 1. The molecule has 5 nitrogen and oxygen atoms in total. The van der Waals surface area contributed by atoms with Crippen LogP contribution in [0.5, 0.6) is 0 Å². The molecule has 0 aromatic rings. The number of amides is 1. The van der Waals surface area contributed by atoms with Crippen molar-refractivity contribution in [1.82, 2.24) is 10.6 Å². The second-order valence-electron chi connectivity index (χ2n) is 4.84. The maximum atomic E-state index is 11.4. The van der Waals surface area contributed by atoms with Crippen LogP contribution in [0.1, 0.15) is 33.6 Å². The molecule has 1 heterocycles. The Hall–Kier alpha value is -1.26. The summed E-state index contributed by atoms with van der Waals surface area (Å²) in [5.74, 6) is 0.310. The maximum absolute atomic E-state index is 11.4. The first-order chi connectivity index (χ1) is 6.88. The molecular weight excluding hydrogens is 192 g/mol. The summed E-state index contributed by atoms with van der Waals surface area (Å²) < 4.78 is 0. The quantitative estimate of drug-likeness (QED) is 0.422. The third-order valence-corrected chi connectivity index (χ3v) is 2.05. The molecule has 0 bridgehead atoms. The molecule has 1 aliphatic heterocycles. The van der Waals surface area contributed by atoms with Crippen molar-refractivity contribution in [1.29, 1.82) is 0 Å². The number of hydrogen-bond acceptors (Lipinski definition) is 2. The van der Waals surface area contributed by atoms with Gasteiger partial charge in [-0.2, -0.15) is 0 Å². The number of nitrogens with one attached hydrogen (secondary N) is 2. The molecule has 0 saturated carbocycles. The van der Waals surface area contributed by atoms with Crippen molar-refractivity contribution < 1.29 is 4.79 Å². The highest BCUT2D eigenvalue weighted by molar-refractivity contribution is 5.87. The first kappa shape index (κ1) is 11.8. The zero-order chi connectivity index (χ0) is 11.5. The van der Waals surface area contributed by atoms with Crippen LogP contribution in [0.2, 0.25) is 0 Å². The Morgan fingerprint density at radius 1 is 1.60 bits per heavy atom. The normalized spacial score (nSPS) is 23.5. The molecule has 1 saturated heterocycles. The van der Waals surface area contributed by atoms with Gasteiger partial charge >= 0.3 is 0 Å². The lowest BCUT2D eigenvalue weighted by Crippen LogP contribution is -2.47. The molecule has 1 amide bonds. The first-order valence-electron chi connectivity index (χ1n) is 5.28. The van der Waals surface area contributed by atoms with Crippen LogP contribution in [0, 0.1) is 0 Å². The van der Waals surface area contributed by atoms with Crippen LogP contribution in [-0.4, -0.2) is 30.0 Å². The Morgan fingerprint density at radius 2 is 2.27 bits per heavy atom. The van der Waals surface area contributed by atoms with Gasteiger partial charge in [0.15, 0.2) is 5.96 Å². The molecule has 0 aromatic carbocycles. The molecule has 0 radical (unpaired) electrons. The van der Waals surface area contributed by atoms with Gasteiger partial charge in [0.2, 0.25) is 5.91 Å². The Bertz CT molecular complexity index is 267. The highest BCUT2D eigenvalue weighted by atomic mass is 16.2. The second kappa shape index (κ2) is 4.51. The van der Waals surface area contributed by atoms with Crippen molar-refractivity contribution in [3.8, 4) is 0 Å². The van der Waals surface area contributed by atoms with Crippen LogP contribution >= 0.6 is 0 Å². The number of aliphatic imine (C=N–C) groups is 1. The summed E-state index contributed by atoms with van der Waals surface area (Å²) in [6, 6.07) is -0.325. The lowest BCUT2D eigenvalue weighted by atomic mass is 10.1. The predicted molar refractivity (Wildman–Crippen MR) is 60.5 cm³/mol. The topological polar surface area (TPSA) is 79.5 Å². The molecule has 4 N–H and O–H groups in total. The van der Waals surface area contributed by atoms with Gasteiger partial charge in [-0.05, 0) is 33.6 Å². The van der Waals surface area contributed by atoms with Gasteiger partial charge in [-0.1, -0.05) is 0 Å². The van der Waals surface area contributed by atoms with E-state index in [2.05, 4.69) is 15.6 Å². The van der Waals surface area contributed by atoms with Gasteiger partial charge in [-0.15, -0.1) is 0 Å². The summed E-state index contributed by atoms with van der Waals surface area (Å²) in [4.78, 5) is 15.6. The number of nitrogens with two attached hydrogens (primary N) is 1. The lowest BCUT2D eigenvalue weighted by Gasteiger charge is -2.23. The average Bonchev–Trinajstić information content (AvgIpc) is 2.05. The second-order valence-corrected chi connectivity index (χ2v) is 4.84. The van der Waals surface area contributed by atoms with Gasteiger partial charge in [-0.25, -0.2) is 4.99 Å². The molecule has 1 unspecified atom stereocenters. The van der Waals surface area contributed by atoms with Crippen LogP contribution in [-0.2, 0) is 4.79 Å². The van der Waals surface area contributed by atoms with Crippen molar-refractivity contribution in [2.45, 2.75) is 45.2 Å². The fraction of sp³-hybridized carbons (Fsp3) is 0.800. The number of piperidine rings is 1. The van der Waals surface area contributed by atoms with E-state index < -0.39 is 0 Å². The van der Waals surface area contributed by atoms with Crippen molar-refractivity contribution in [3.63, 3.8) is 0 Å². The van der Waals surface area contributed by atoms with Crippen LogP contribution in [0.25, 0.3) is 0 Å². The van der Waals surface area contributed by atoms with Crippen LogP contribution in [0.15, 0.2) is 4.99 Å². The zero-order valence-corrected chi connectivity index (χ0v) is 9.63. The molecule has 1 fully saturated rings. The van der Waals surface area contributed by atoms with E-state index >= 15 is 0 Å². The minimum atomic E-state index is -0.325. The lowest BCUT2D eigenvalue weighted by molar-refractivity contribution is -0.123. The summed E-state index contributed by atoms with van der Waals surface area (Å²) in [6.07, 6.45) is 1.74. The van der Waals surface area contributed by atoms with Crippen LogP contribution in [0.4, 0.5) is 0 Å². The molecule has 15 heavy (non-hydrogen) atoms. The molecule has 1 atom stereocenters. The van der Waals surface area contributed by atoms with E-state index in [0.717, 1.165) is 19.4 Å². The Morgan fingerprint density at radius 3 is 2.80 bits per heavy atom. The number of rotatable bonds is 1. The van der Waals surface area contributed by atoms with Crippen molar-refractivity contribution >= 4 is 11.9 Å². The highest BCUT2D eigenvalue weighted by Gasteiger charge is 2.21. The van der Waals surface area contributed by atoms with Crippen molar-refractivity contribution in [3.05, 3.63) is 0 Å². The number of carbonyl (C=O) groups is 1. The summed E-state index contributed by atoms with van der Waals surface area (Å²) >= 11 is 0. The molecule has 0 aromatic heterocycles. The van der Waals surface area contributed by atoms with Gasteiger partial charge in [0.1, 0.15) is 6.04 Å². The number of nitrogens with zero attached hydrogens (tertiary/aromatic N) is 1. The molecule has 86 valence electrons. The van der Waals surface area contributed by atoms with Crippen LogP contribution < -0.4 is 16.4 Å². The Balaban J connectivity index is 2.57. The minimum absolute atomic E-state index is 0.0279. The van der Waals surface area contributed by atoms with E-state index in [1.54, 1.807) is 0 Å². The smallest absolute Gasteiger partial charge is 0.244 e. The summed E-state index contributed by atoms with van der Waals surface area (Å²) in [7, 11) is 0. The Labute approximate surface area is 90.5 Å². The third-order valence-electron chi connectivity index (χ3n) is 2.05. The summed E-state index contributed by atoms with van der Waals surface area (Å²) in [5.41, 5.74) is 5.59. The standard InChI is InChI=1S/C10H20N4O/c1-10(2,3)14-9(11)13-7-5-4-6-12-8(7)15/h7H,4-6H2,1-3H3,(H,12,15)(H3,11,13,14). The van der Waals surface area contributed by atoms with Gasteiger partial charge in [0.25, 0.3) is 0 Å². The predicted octanol–water partition coefficient (Wildman–Crippen LogP) is -0.0322. The van der Waals surface area contributed by atoms with Crippen LogP contribution in [0.3, 0.4) is 0 Å². The molecule has 0 aliphatic carbocycles. The van der Waals surface area contributed by atoms with E-state index in [4.69, 9.17) is 5.73 Å². The maximum Gasteiger partial charge on any atom is 0.244 e. The van der Waals surface area contributed by atoms with Gasteiger partial charge < -0.3 is 16.4 Å². The fourth-order valence-electron chi connectivity index (χ4n) is 1.46. The third kappa shape index (κ3) is 4.18. The number of hydrogen-bond donors (Lipinski definition) is 3. The molecule has 0 spiro atoms. The number of guanidine groups is 1. The fourth-order valence-corrected chi connectivity index (χ4v) is 1.46. The van der Waals surface area contributed by atoms with Crippen molar-refractivity contribution in [2.24, 2.45) is 10.7 Å². The Kier molecular flexibility index (Phi) is 3.55. The van der Waals surface area contributed by atoms with Gasteiger partial charge in [0.05, 0.1) is 0 Å². The zero-order valence-electron chi connectivity index (χ0n) is 9.63. The van der Waals surface area contributed by atoms with E-state index in [1.807, 2.05) is 20.8 Å². The minimum Gasteiger partial charge on any atom is -0.370 e. The molecule has 1 aliphatic rings. The summed E-state index contributed by atoms with van der Waals surface area (Å²) in [5, 5.41) is 5.81. The SMILES string of the molecule is CC(C)(C)NC(N)=NC1CCCNC1=O. The van der Waals surface area contributed by atoms with E-state index in [1.165, 1.54) is 0 Å². The van der Waals surface area contributed by atoms with E-state index in [9.17, 15) is 4.79 Å². The molecular formula is C10H20N4O. The highest BCUT2D eigenvalue weighted by Crippen LogP contribution is 2.07. The summed E-state index contributed by atoms with van der Waals surface area (Å²) in [6.45, 7) is 6.74. The van der Waals surface area contributed by atoms with E-state index in [-0.39, 0.29) is 17.5 Å². The average molecular weight is 212 g/mol. The van der Waals surface area contributed by atoms with E-state index in [0.29, 0.717) is 5.96 Å².